The number of aliphatic imine (C=N–C) groups is 2. The molecule has 0 unspecified atom stereocenters. The molecule has 0 aromatic heterocycles. The first-order valence-corrected chi connectivity index (χ1v) is 18.8. The van der Waals surface area contributed by atoms with E-state index < -0.39 is 0 Å². The zero-order valence-electron chi connectivity index (χ0n) is 29.7. The minimum absolute atomic E-state index is 0.0147. The maximum absolute atomic E-state index is 12.5. The van der Waals surface area contributed by atoms with Gasteiger partial charge < -0.3 is 10.2 Å². The lowest BCUT2D eigenvalue weighted by Gasteiger charge is -2.35. The van der Waals surface area contributed by atoms with Crippen LogP contribution >= 0.6 is 0 Å². The molecule has 1 N–H and O–H groups in total. The number of hydrogen-bond acceptors (Lipinski definition) is 4. The molecule has 0 atom stereocenters. The summed E-state index contributed by atoms with van der Waals surface area (Å²) < 4.78 is 0. The van der Waals surface area contributed by atoms with Crippen LogP contribution in [0.3, 0.4) is 0 Å². The zero-order chi connectivity index (χ0) is 35.8. The molecule has 3 aliphatic carbocycles. The molecule has 3 aliphatic heterocycles. The number of nitrogens with zero attached hydrogens (tertiary/aromatic N) is 3. The highest BCUT2D eigenvalue weighted by Gasteiger charge is 2.41. The van der Waals surface area contributed by atoms with Crippen LogP contribution in [0.25, 0.3) is 0 Å². The summed E-state index contributed by atoms with van der Waals surface area (Å²) >= 11 is 0. The highest BCUT2D eigenvalue weighted by atomic mass is 16.2. The van der Waals surface area contributed by atoms with Crippen LogP contribution in [0.1, 0.15) is 47.9 Å². The molecule has 6 nitrogen and oxygen atoms in total. The van der Waals surface area contributed by atoms with Crippen LogP contribution in [0, 0.1) is 0 Å². The van der Waals surface area contributed by atoms with Crippen molar-refractivity contribution in [3.05, 3.63) is 190 Å². The van der Waals surface area contributed by atoms with Crippen LogP contribution in [0.4, 0.5) is 0 Å². The summed E-state index contributed by atoms with van der Waals surface area (Å²) in [6.45, 7) is 2.98. The molecule has 0 spiro atoms. The molecular weight excluding hydrogens is 653 g/mol. The van der Waals surface area contributed by atoms with E-state index in [1.54, 1.807) is 0 Å². The van der Waals surface area contributed by atoms with Gasteiger partial charge in [-0.1, -0.05) is 146 Å². The topological polar surface area (TPSA) is 73.9 Å². The highest BCUT2D eigenvalue weighted by Crippen LogP contribution is 2.46. The number of benzene rings is 4. The van der Waals surface area contributed by atoms with Crippen molar-refractivity contribution < 1.29 is 9.59 Å². The van der Waals surface area contributed by atoms with E-state index in [1.807, 2.05) is 4.90 Å². The average molecular weight is 695 g/mol. The Morgan fingerprint density at radius 1 is 0.566 bits per heavy atom. The molecular formula is C47H42N4O2. The lowest BCUT2D eigenvalue weighted by molar-refractivity contribution is -0.119. The van der Waals surface area contributed by atoms with E-state index in [2.05, 4.69) is 161 Å². The number of hydrogen-bond donors (Lipinski definition) is 1. The van der Waals surface area contributed by atoms with Gasteiger partial charge in [0.15, 0.2) is 0 Å². The van der Waals surface area contributed by atoms with Crippen molar-refractivity contribution in [3.8, 4) is 0 Å². The number of carbonyl (C=O) groups excluding carboxylic acids is 2. The monoisotopic (exact) mass is 694 g/mol. The highest BCUT2D eigenvalue weighted by molar-refractivity contribution is 6.47. The van der Waals surface area contributed by atoms with E-state index in [4.69, 9.17) is 0 Å². The number of nitrogens with one attached hydrogen (secondary N) is 1. The van der Waals surface area contributed by atoms with Gasteiger partial charge in [0.25, 0.3) is 11.8 Å². The Morgan fingerprint density at radius 2 is 0.962 bits per heavy atom. The van der Waals surface area contributed by atoms with Gasteiger partial charge in [-0.05, 0) is 59.1 Å². The van der Waals surface area contributed by atoms with Crippen molar-refractivity contribution in [3.63, 3.8) is 0 Å². The van der Waals surface area contributed by atoms with Gasteiger partial charge in [-0.15, -0.1) is 0 Å². The summed E-state index contributed by atoms with van der Waals surface area (Å²) in [6, 6.07) is 42.9. The summed E-state index contributed by atoms with van der Waals surface area (Å²) in [5.41, 5.74) is 10.6. The van der Waals surface area contributed by atoms with Crippen molar-refractivity contribution in [2.75, 3.05) is 26.2 Å². The third-order valence-corrected chi connectivity index (χ3v) is 11.4. The molecule has 1 saturated carbocycles. The van der Waals surface area contributed by atoms with Crippen molar-refractivity contribution >= 4 is 23.2 Å². The molecule has 2 amide bonds. The average Bonchev–Trinajstić information content (AvgIpc) is 4.16. The third kappa shape index (κ3) is 6.22. The van der Waals surface area contributed by atoms with E-state index in [1.165, 1.54) is 33.4 Å². The van der Waals surface area contributed by atoms with Gasteiger partial charge in [-0.25, -0.2) is 0 Å². The predicted molar refractivity (Wildman–Crippen MR) is 211 cm³/mol. The summed E-state index contributed by atoms with van der Waals surface area (Å²) in [4.78, 5) is 36.1. The molecule has 0 bridgehead atoms. The van der Waals surface area contributed by atoms with Gasteiger partial charge in [-0.2, -0.15) is 0 Å². The predicted octanol–water partition coefficient (Wildman–Crippen LogP) is 7.49. The van der Waals surface area contributed by atoms with Crippen LogP contribution in [0.2, 0.25) is 0 Å². The van der Waals surface area contributed by atoms with Crippen LogP contribution in [-0.2, 0) is 20.4 Å². The van der Waals surface area contributed by atoms with E-state index >= 15 is 0 Å². The Bertz CT molecular complexity index is 2160. The molecule has 3 heterocycles. The first-order valence-electron chi connectivity index (χ1n) is 18.8. The normalized spacial score (nSPS) is 20.1. The Balaban J connectivity index is 0.000000141. The van der Waals surface area contributed by atoms with E-state index in [0.29, 0.717) is 30.6 Å². The molecule has 53 heavy (non-hydrogen) atoms. The van der Waals surface area contributed by atoms with Gasteiger partial charge in [-0.3, -0.25) is 19.6 Å². The summed E-state index contributed by atoms with van der Waals surface area (Å²) in [5.74, 6) is 0.0747. The molecule has 0 radical (unpaired) electrons. The summed E-state index contributed by atoms with van der Waals surface area (Å²) in [5, 5.41) is 3.08. The number of amides is 2. The molecule has 1 saturated heterocycles. The van der Waals surface area contributed by atoms with E-state index in [9.17, 15) is 9.59 Å². The van der Waals surface area contributed by atoms with Gasteiger partial charge in [0, 0.05) is 41.1 Å². The molecule has 4 aromatic rings. The maximum atomic E-state index is 12.5. The Hall–Kier alpha value is -5.88. The smallest absolute Gasteiger partial charge is 0.272 e. The second-order valence-corrected chi connectivity index (χ2v) is 14.8. The Labute approximate surface area is 311 Å². The van der Waals surface area contributed by atoms with Crippen molar-refractivity contribution in [1.82, 2.24) is 10.2 Å². The quantitative estimate of drug-likeness (QED) is 0.204. The molecule has 10 rings (SSSR count). The van der Waals surface area contributed by atoms with E-state index in [0.717, 1.165) is 49.9 Å². The minimum atomic E-state index is -0.209. The Kier molecular flexibility index (Phi) is 8.46. The number of allylic oxidation sites excluding steroid dienone is 4. The van der Waals surface area contributed by atoms with Gasteiger partial charge in [0.1, 0.15) is 11.4 Å². The second-order valence-electron chi connectivity index (χ2n) is 14.8. The van der Waals surface area contributed by atoms with Crippen LogP contribution < -0.4 is 5.32 Å². The molecule has 4 aromatic carbocycles. The van der Waals surface area contributed by atoms with Crippen molar-refractivity contribution in [1.29, 1.82) is 0 Å². The Morgan fingerprint density at radius 3 is 1.36 bits per heavy atom. The van der Waals surface area contributed by atoms with Gasteiger partial charge in [0.2, 0.25) is 0 Å². The lowest BCUT2D eigenvalue weighted by Crippen LogP contribution is -2.34. The summed E-state index contributed by atoms with van der Waals surface area (Å²) in [7, 11) is 0. The first kappa shape index (κ1) is 33.0. The SMILES string of the molecule is O=C(C1=NCC2=C1C=CC(c1ccccc1)(c1ccccc1)C2)N1CC1.O=C(NC1CC1)C1=NCC2=C1C=CC(c1ccccc1)(c1ccccc1)C2. The zero-order valence-corrected chi connectivity index (χ0v) is 29.7. The van der Waals surface area contributed by atoms with Crippen LogP contribution in [-0.4, -0.2) is 60.4 Å². The fraction of sp³-hybridized carbons (Fsp3) is 0.234. The molecule has 6 heteroatoms. The van der Waals surface area contributed by atoms with Gasteiger partial charge >= 0.3 is 0 Å². The van der Waals surface area contributed by atoms with Crippen LogP contribution in [0.15, 0.2) is 178 Å². The number of carbonyl (C=O) groups is 2. The first-order chi connectivity index (χ1) is 26.0. The second kappa shape index (κ2) is 13.6. The molecule has 2 fully saturated rings. The third-order valence-electron chi connectivity index (χ3n) is 11.4. The minimum Gasteiger partial charge on any atom is -0.348 e. The lowest BCUT2D eigenvalue weighted by atomic mass is 9.67. The number of rotatable bonds is 7. The largest absolute Gasteiger partial charge is 0.348 e. The maximum Gasteiger partial charge on any atom is 0.272 e. The molecule has 6 aliphatic rings. The van der Waals surface area contributed by atoms with E-state index in [-0.39, 0.29) is 22.6 Å². The standard InChI is InChI=1S/C24H22N2O.C23H20N2O/c27-23(26-20-11-12-20)22-21-13-14-24(15-17(21)16-25-22,18-7-3-1-4-8-18)19-9-5-2-6-10-19;26-22(25-13-14-25)21-20-11-12-23(15-17(20)16-24-21,18-7-3-1-4-8-18)19-9-5-2-6-10-19/h1-10,13-14,20H,11-12,15-16H2,(H,26,27);1-12H,13-16H2. The fourth-order valence-corrected chi connectivity index (χ4v) is 8.29. The van der Waals surface area contributed by atoms with Crippen LogP contribution in [0.5, 0.6) is 0 Å². The summed E-state index contributed by atoms with van der Waals surface area (Å²) in [6.07, 6.45) is 12.7. The van der Waals surface area contributed by atoms with Crippen molar-refractivity contribution in [2.45, 2.75) is 42.6 Å². The van der Waals surface area contributed by atoms with Gasteiger partial charge in [0.05, 0.1) is 13.1 Å². The fourth-order valence-electron chi connectivity index (χ4n) is 8.29. The van der Waals surface area contributed by atoms with Crippen molar-refractivity contribution in [2.24, 2.45) is 9.98 Å². The molecule has 262 valence electrons.